The lowest BCUT2D eigenvalue weighted by atomic mass is 9.90. The van der Waals surface area contributed by atoms with Crippen molar-refractivity contribution in [2.45, 2.75) is 61.7 Å². The van der Waals surface area contributed by atoms with Gasteiger partial charge in [0.1, 0.15) is 41.6 Å². The van der Waals surface area contributed by atoms with Crippen molar-refractivity contribution in [1.82, 2.24) is 19.9 Å². The molecule has 0 aliphatic carbocycles. The summed E-state index contributed by atoms with van der Waals surface area (Å²) in [5.41, 5.74) is 2.96. The third-order valence-corrected chi connectivity index (χ3v) is 9.82. The average Bonchev–Trinajstić information content (AvgIpc) is 3.86. The van der Waals surface area contributed by atoms with Gasteiger partial charge in [-0.25, -0.2) is 9.07 Å². The van der Waals surface area contributed by atoms with Gasteiger partial charge in [-0.1, -0.05) is 47.7 Å². The lowest BCUT2D eigenvalue weighted by Crippen LogP contribution is -2.60. The van der Waals surface area contributed by atoms with Gasteiger partial charge in [0, 0.05) is 35.9 Å². The first-order valence-electron chi connectivity index (χ1n) is 16.0. The van der Waals surface area contributed by atoms with Crippen LogP contribution in [0.4, 0.5) is 10.1 Å². The van der Waals surface area contributed by atoms with Gasteiger partial charge >= 0.3 is 0 Å². The number of ether oxygens (including phenoxy) is 4. The number of aliphatic hydroxyl groups excluding tert-OH is 1. The fourth-order valence-electron chi connectivity index (χ4n) is 7.50. The number of carbonyl (C=O) groups is 1. The highest BCUT2D eigenvalue weighted by atomic mass is 19.1. The van der Waals surface area contributed by atoms with Gasteiger partial charge in [-0.05, 0) is 42.8 Å². The van der Waals surface area contributed by atoms with Crippen molar-refractivity contribution in [3.63, 3.8) is 0 Å². The lowest BCUT2D eigenvalue weighted by Gasteiger charge is -2.48. The van der Waals surface area contributed by atoms with E-state index < -0.39 is 36.7 Å². The first-order chi connectivity index (χ1) is 22.9. The molecule has 47 heavy (non-hydrogen) atoms. The monoisotopic (exact) mass is 641 g/mol. The Morgan fingerprint density at radius 1 is 1.02 bits per heavy atom. The molecule has 4 saturated heterocycles. The third kappa shape index (κ3) is 5.65. The molecule has 1 unspecified atom stereocenters. The number of rotatable bonds is 7. The molecule has 11 nitrogen and oxygen atoms in total. The van der Waals surface area contributed by atoms with E-state index in [1.165, 1.54) is 12.1 Å². The molecule has 1 aromatic heterocycles. The SMILES string of the molecule is COc1ccc(N2C[C@@H]3C[C@H]2CN3C(=O)C[C@@H]2O[C@@H]3COC(c4ccccc4)O[C@@H]3[C@H](n3cc(-c4cccc(F)c4)nn3)[C@H]2O)cc1. The average molecular weight is 642 g/mol. The zero-order valence-corrected chi connectivity index (χ0v) is 25.8. The Hall–Kier alpha value is -4.36. The number of aliphatic hydroxyl groups is 1. The molecule has 244 valence electrons. The van der Waals surface area contributed by atoms with Crippen molar-refractivity contribution >= 4 is 11.6 Å². The van der Waals surface area contributed by atoms with Crippen LogP contribution >= 0.6 is 0 Å². The molecule has 4 aliphatic rings. The second-order valence-corrected chi connectivity index (χ2v) is 12.6. The van der Waals surface area contributed by atoms with E-state index >= 15 is 0 Å². The van der Waals surface area contributed by atoms with Crippen molar-refractivity contribution in [3.05, 3.63) is 96.4 Å². The zero-order valence-electron chi connectivity index (χ0n) is 25.8. The van der Waals surface area contributed by atoms with E-state index in [0.717, 1.165) is 30.0 Å². The number of anilines is 1. The predicted molar refractivity (Wildman–Crippen MR) is 168 cm³/mol. The first-order valence-corrected chi connectivity index (χ1v) is 16.0. The Balaban J connectivity index is 1.01. The molecular weight excluding hydrogens is 605 g/mol. The molecule has 4 fully saturated rings. The van der Waals surface area contributed by atoms with Crippen molar-refractivity contribution in [1.29, 1.82) is 0 Å². The summed E-state index contributed by atoms with van der Waals surface area (Å²) in [4.78, 5) is 18.1. The highest BCUT2D eigenvalue weighted by Gasteiger charge is 2.52. The molecule has 4 aromatic rings. The molecule has 12 heteroatoms. The fourth-order valence-corrected chi connectivity index (χ4v) is 7.50. The Morgan fingerprint density at radius 3 is 2.60 bits per heavy atom. The van der Waals surface area contributed by atoms with Gasteiger partial charge in [-0.3, -0.25) is 4.79 Å². The summed E-state index contributed by atoms with van der Waals surface area (Å²) in [5, 5.41) is 20.5. The van der Waals surface area contributed by atoms with E-state index in [4.69, 9.17) is 18.9 Å². The van der Waals surface area contributed by atoms with Crippen molar-refractivity contribution in [3.8, 4) is 17.0 Å². The second-order valence-electron chi connectivity index (χ2n) is 12.6. The number of benzene rings is 3. The van der Waals surface area contributed by atoms with Gasteiger partial charge in [0.25, 0.3) is 0 Å². The molecule has 0 saturated carbocycles. The topological polar surface area (TPSA) is 111 Å². The summed E-state index contributed by atoms with van der Waals surface area (Å²) in [6, 6.07) is 23.2. The number of hydrogen-bond acceptors (Lipinski definition) is 9. The second kappa shape index (κ2) is 12.3. The van der Waals surface area contributed by atoms with E-state index in [9.17, 15) is 14.3 Å². The molecule has 3 aromatic carbocycles. The van der Waals surface area contributed by atoms with Gasteiger partial charge in [-0.15, -0.1) is 5.10 Å². The normalized spacial score (nSPS) is 29.9. The van der Waals surface area contributed by atoms with Crippen molar-refractivity contribution < 1.29 is 33.2 Å². The first kappa shape index (κ1) is 30.0. The van der Waals surface area contributed by atoms with E-state index in [-0.39, 0.29) is 36.8 Å². The van der Waals surface area contributed by atoms with Crippen LogP contribution in [-0.2, 0) is 19.0 Å². The number of hydrogen-bond donors (Lipinski definition) is 1. The molecule has 8 rings (SSSR count). The number of likely N-dealkylation sites (tertiary alicyclic amines) is 1. The third-order valence-electron chi connectivity index (χ3n) is 9.82. The molecule has 5 heterocycles. The summed E-state index contributed by atoms with van der Waals surface area (Å²) in [7, 11) is 1.65. The minimum atomic E-state index is -1.15. The summed E-state index contributed by atoms with van der Waals surface area (Å²) in [6.45, 7) is 1.56. The van der Waals surface area contributed by atoms with Gasteiger partial charge in [0.05, 0.1) is 38.5 Å². The number of fused-ring (bicyclic) bond motifs is 3. The van der Waals surface area contributed by atoms with Crippen LogP contribution in [-0.4, -0.2) is 94.2 Å². The largest absolute Gasteiger partial charge is 0.497 e. The maximum Gasteiger partial charge on any atom is 0.225 e. The van der Waals surface area contributed by atoms with Crippen LogP contribution in [0.5, 0.6) is 5.75 Å². The van der Waals surface area contributed by atoms with E-state index in [1.807, 2.05) is 47.4 Å². The maximum absolute atomic E-state index is 14.0. The van der Waals surface area contributed by atoms with Crippen molar-refractivity contribution in [2.24, 2.45) is 0 Å². The Bertz CT molecular complexity index is 1720. The smallest absolute Gasteiger partial charge is 0.225 e. The number of nitrogens with zero attached hydrogens (tertiary/aromatic N) is 5. The lowest BCUT2D eigenvalue weighted by molar-refractivity contribution is -0.316. The Morgan fingerprint density at radius 2 is 1.85 bits per heavy atom. The maximum atomic E-state index is 14.0. The number of piperazine rings is 1. The quantitative estimate of drug-likeness (QED) is 0.323. The highest BCUT2D eigenvalue weighted by Crippen LogP contribution is 2.41. The predicted octanol–water partition coefficient (Wildman–Crippen LogP) is 3.76. The van der Waals surface area contributed by atoms with E-state index in [1.54, 1.807) is 30.1 Å². The number of carbonyl (C=O) groups excluding carboxylic acids is 1. The van der Waals surface area contributed by atoms with Crippen LogP contribution in [0.3, 0.4) is 0 Å². The highest BCUT2D eigenvalue weighted by molar-refractivity contribution is 5.78. The summed E-state index contributed by atoms with van der Waals surface area (Å²) < 4.78 is 39.8. The van der Waals surface area contributed by atoms with Gasteiger partial charge in [-0.2, -0.15) is 0 Å². The van der Waals surface area contributed by atoms with Gasteiger partial charge in [0.15, 0.2) is 6.29 Å². The summed E-state index contributed by atoms with van der Waals surface area (Å²) >= 11 is 0. The number of methoxy groups -OCH3 is 1. The summed E-state index contributed by atoms with van der Waals surface area (Å²) in [5.74, 6) is 0.358. The fraction of sp³-hybridized carbons (Fsp3) is 0.400. The summed E-state index contributed by atoms with van der Waals surface area (Å²) in [6.07, 6.45) is -1.30. The van der Waals surface area contributed by atoms with Crippen LogP contribution in [0.2, 0.25) is 0 Å². The Labute approximate surface area is 271 Å². The molecule has 1 amide bonds. The molecule has 0 spiro atoms. The minimum absolute atomic E-state index is 0.000205. The van der Waals surface area contributed by atoms with Crippen LogP contribution in [0, 0.1) is 5.82 Å². The van der Waals surface area contributed by atoms with Crippen LogP contribution in [0.15, 0.2) is 85.1 Å². The zero-order chi connectivity index (χ0) is 32.1. The Kier molecular flexibility index (Phi) is 7.88. The number of halogens is 1. The van der Waals surface area contributed by atoms with Crippen LogP contribution < -0.4 is 9.64 Å². The molecule has 8 atom stereocenters. The van der Waals surface area contributed by atoms with Gasteiger partial charge < -0.3 is 33.9 Å². The van der Waals surface area contributed by atoms with Crippen LogP contribution in [0.1, 0.15) is 30.7 Å². The number of amides is 1. The minimum Gasteiger partial charge on any atom is -0.497 e. The standard InChI is InChI=1S/C35H36FN5O6/c1-44-27-12-10-24(11-13-27)39-17-26-15-25(39)18-40(26)31(42)16-29-33(43)32(41-19-28(37-38-41)22-8-5-9-23(36)14-22)34-30(46-29)20-45-35(47-34)21-6-3-2-4-7-21/h2-14,19,25-26,29-30,32-35,43H,15-18,20H2,1H3/t25-,26-,29-,30+,32+,33-,34-,35?/m0/s1. The van der Waals surface area contributed by atoms with E-state index in [0.29, 0.717) is 17.8 Å². The van der Waals surface area contributed by atoms with Gasteiger partial charge in [0.2, 0.25) is 5.91 Å². The molecular formula is C35H36FN5O6. The molecule has 2 bridgehead atoms. The molecule has 4 aliphatic heterocycles. The van der Waals surface area contributed by atoms with Crippen molar-refractivity contribution in [2.75, 3.05) is 31.7 Å². The van der Waals surface area contributed by atoms with E-state index in [2.05, 4.69) is 27.3 Å². The number of aromatic nitrogens is 3. The molecule has 0 radical (unpaired) electrons. The van der Waals surface area contributed by atoms with Crippen LogP contribution in [0.25, 0.3) is 11.3 Å². The molecule has 1 N–H and O–H groups in total.